The Bertz CT molecular complexity index is 2110. The topological polar surface area (TPSA) is 8.29 Å². The van der Waals surface area contributed by atoms with Crippen molar-refractivity contribution in [3.05, 3.63) is 109 Å². The second-order valence-electron chi connectivity index (χ2n) is 9.72. The van der Waals surface area contributed by atoms with Gasteiger partial charge in [-0.05, 0) is 52.6 Å². The molecule has 0 saturated carbocycles. The van der Waals surface area contributed by atoms with Crippen molar-refractivity contribution in [2.24, 2.45) is 7.05 Å². The lowest BCUT2D eigenvalue weighted by Gasteiger charge is -2.16. The molecule has 0 atom stereocenters. The maximum Gasteiger partial charge on any atom is 0.224 e. The van der Waals surface area contributed by atoms with Gasteiger partial charge in [-0.1, -0.05) is 72.8 Å². The van der Waals surface area contributed by atoms with Gasteiger partial charge in [-0.2, -0.15) is 0 Å². The van der Waals surface area contributed by atoms with Crippen LogP contribution in [0.5, 0.6) is 0 Å². The molecule has 0 radical (unpaired) electrons. The van der Waals surface area contributed by atoms with Crippen LogP contribution in [0.3, 0.4) is 0 Å². The van der Waals surface area contributed by atoms with Gasteiger partial charge in [0.15, 0.2) is 6.20 Å². The van der Waals surface area contributed by atoms with E-state index in [4.69, 9.17) is 0 Å². The number of para-hydroxylation sites is 1. The molecule has 0 saturated heterocycles. The van der Waals surface area contributed by atoms with Crippen molar-refractivity contribution >= 4 is 59.8 Å². The number of hydrogen-bond acceptors (Lipinski definition) is 0. The number of fused-ring (bicyclic) bond motifs is 7. The van der Waals surface area contributed by atoms with Crippen LogP contribution in [-0.4, -0.2) is 4.40 Å². The average Bonchev–Trinajstić information content (AvgIpc) is 3.24. The molecular formula is C33H23N2+. The van der Waals surface area contributed by atoms with E-state index in [0.717, 1.165) is 0 Å². The summed E-state index contributed by atoms with van der Waals surface area (Å²) in [5.74, 6) is 0. The van der Waals surface area contributed by atoms with Crippen molar-refractivity contribution in [2.45, 2.75) is 6.92 Å². The SMILES string of the molecule is Cc1c2ccccc2cc2c1c1c3c(cc[n+]1C)c(-c1ccccc1)cc1c4ccccc4n2c13. The molecular weight excluding hydrogens is 424 g/mol. The number of nitrogens with zero attached hydrogens (tertiary/aromatic N) is 2. The quantitative estimate of drug-likeness (QED) is 0.137. The molecule has 0 N–H and O–H groups in total. The molecule has 0 unspecified atom stereocenters. The van der Waals surface area contributed by atoms with Gasteiger partial charge in [0.05, 0.1) is 27.3 Å². The molecule has 0 amide bonds. The number of hydrogen-bond donors (Lipinski definition) is 0. The van der Waals surface area contributed by atoms with Crippen molar-refractivity contribution < 1.29 is 4.57 Å². The third-order valence-electron chi connectivity index (χ3n) is 7.90. The molecule has 0 aliphatic heterocycles. The molecule has 5 aromatic carbocycles. The molecule has 3 heterocycles. The van der Waals surface area contributed by atoms with E-state index in [0.29, 0.717) is 0 Å². The Hall–Kier alpha value is -4.43. The van der Waals surface area contributed by atoms with Gasteiger partial charge in [0.1, 0.15) is 7.05 Å². The van der Waals surface area contributed by atoms with Crippen molar-refractivity contribution in [1.29, 1.82) is 0 Å². The lowest BCUT2D eigenvalue weighted by atomic mass is 9.92. The zero-order valence-electron chi connectivity index (χ0n) is 19.7. The van der Waals surface area contributed by atoms with E-state index in [1.54, 1.807) is 0 Å². The number of aryl methyl sites for hydroxylation is 2. The van der Waals surface area contributed by atoms with Gasteiger partial charge < -0.3 is 4.40 Å². The van der Waals surface area contributed by atoms with E-state index >= 15 is 0 Å². The predicted molar refractivity (Wildman–Crippen MR) is 147 cm³/mol. The van der Waals surface area contributed by atoms with Crippen LogP contribution in [0.4, 0.5) is 0 Å². The van der Waals surface area contributed by atoms with Crippen molar-refractivity contribution in [2.75, 3.05) is 0 Å². The Balaban J connectivity index is 1.78. The predicted octanol–water partition coefficient (Wildman–Crippen LogP) is 7.94. The first-order chi connectivity index (χ1) is 17.2. The highest BCUT2D eigenvalue weighted by molar-refractivity contribution is 6.30. The summed E-state index contributed by atoms with van der Waals surface area (Å²) < 4.78 is 4.84. The zero-order chi connectivity index (χ0) is 23.3. The first-order valence-electron chi connectivity index (χ1n) is 12.2. The van der Waals surface area contributed by atoms with Gasteiger partial charge in [-0.15, -0.1) is 0 Å². The second-order valence-corrected chi connectivity index (χ2v) is 9.72. The van der Waals surface area contributed by atoms with Gasteiger partial charge in [0, 0.05) is 22.2 Å². The number of aromatic nitrogens is 2. The second kappa shape index (κ2) is 6.58. The molecule has 0 aliphatic rings. The van der Waals surface area contributed by atoms with Crippen LogP contribution >= 0.6 is 0 Å². The van der Waals surface area contributed by atoms with Crippen molar-refractivity contribution in [3.63, 3.8) is 0 Å². The van der Waals surface area contributed by atoms with E-state index < -0.39 is 0 Å². The van der Waals surface area contributed by atoms with Crippen LogP contribution in [0.2, 0.25) is 0 Å². The van der Waals surface area contributed by atoms with E-state index in [-0.39, 0.29) is 0 Å². The first kappa shape index (κ1) is 18.9. The molecule has 0 aliphatic carbocycles. The third-order valence-corrected chi connectivity index (χ3v) is 7.90. The third kappa shape index (κ3) is 2.31. The first-order valence-corrected chi connectivity index (χ1v) is 12.2. The van der Waals surface area contributed by atoms with Gasteiger partial charge in [-0.3, -0.25) is 0 Å². The smallest absolute Gasteiger partial charge is 0.224 e. The van der Waals surface area contributed by atoms with Gasteiger partial charge in [-0.25, -0.2) is 4.57 Å². The standard InChI is InChI=1S/C33H23N2/c1-20-23-13-7-6-12-22(23)18-29-30(20)33-31-25(16-17-34(33)2)26(21-10-4-3-5-11-21)19-27-24-14-8-9-15-28(24)35(29)32(27)31/h3-19H,1-2H3/q+1. The molecule has 2 heteroatoms. The number of benzene rings is 5. The Morgan fingerprint density at radius 1 is 0.629 bits per heavy atom. The van der Waals surface area contributed by atoms with Crippen LogP contribution < -0.4 is 4.57 Å². The number of rotatable bonds is 1. The summed E-state index contributed by atoms with van der Waals surface area (Å²) in [7, 11) is 2.19. The minimum absolute atomic E-state index is 1.26. The average molecular weight is 448 g/mol. The summed E-state index contributed by atoms with van der Waals surface area (Å²) in [5.41, 5.74) is 9.04. The Morgan fingerprint density at radius 3 is 2.23 bits per heavy atom. The van der Waals surface area contributed by atoms with Gasteiger partial charge >= 0.3 is 0 Å². The minimum Gasteiger partial charge on any atom is -0.307 e. The fourth-order valence-corrected chi connectivity index (χ4v) is 6.39. The monoisotopic (exact) mass is 447 g/mol. The van der Waals surface area contributed by atoms with Gasteiger partial charge in [0.25, 0.3) is 0 Å². The van der Waals surface area contributed by atoms with Crippen LogP contribution in [0.15, 0.2) is 103 Å². The Morgan fingerprint density at radius 2 is 1.37 bits per heavy atom. The minimum atomic E-state index is 1.26. The summed E-state index contributed by atoms with van der Waals surface area (Å²) in [6, 6.07) is 35.6. The van der Waals surface area contributed by atoms with E-state index in [2.05, 4.69) is 126 Å². The Kier molecular flexibility index (Phi) is 3.56. The highest BCUT2D eigenvalue weighted by Crippen LogP contribution is 2.45. The fraction of sp³-hybridized carbons (Fsp3) is 0.0606. The molecule has 164 valence electrons. The highest BCUT2D eigenvalue weighted by atomic mass is 15.0. The molecule has 0 spiro atoms. The largest absolute Gasteiger partial charge is 0.307 e. The molecule has 0 fully saturated rings. The van der Waals surface area contributed by atoms with Gasteiger partial charge in [0.2, 0.25) is 5.52 Å². The summed E-state index contributed by atoms with van der Waals surface area (Å²) in [6.45, 7) is 2.29. The maximum atomic E-state index is 2.52. The molecule has 8 rings (SSSR count). The molecule has 3 aromatic heterocycles. The summed E-state index contributed by atoms with van der Waals surface area (Å²) in [4.78, 5) is 0. The molecule has 0 bridgehead atoms. The zero-order valence-corrected chi connectivity index (χ0v) is 19.7. The Labute approximate surface area is 202 Å². The molecule has 8 aromatic rings. The van der Waals surface area contributed by atoms with E-state index in [1.807, 2.05) is 0 Å². The summed E-state index contributed by atoms with van der Waals surface area (Å²) in [5, 5.41) is 9.20. The van der Waals surface area contributed by atoms with Crippen LogP contribution in [0, 0.1) is 6.92 Å². The molecule has 2 nitrogen and oxygen atoms in total. The summed E-state index contributed by atoms with van der Waals surface area (Å²) in [6.07, 6.45) is 2.23. The fourth-order valence-electron chi connectivity index (χ4n) is 6.39. The summed E-state index contributed by atoms with van der Waals surface area (Å²) >= 11 is 0. The normalized spacial score (nSPS) is 12.3. The maximum absolute atomic E-state index is 2.52. The lowest BCUT2D eigenvalue weighted by molar-refractivity contribution is -0.643. The van der Waals surface area contributed by atoms with E-state index in [1.165, 1.54) is 76.5 Å². The lowest BCUT2D eigenvalue weighted by Crippen LogP contribution is -2.29. The number of pyridine rings is 2. The van der Waals surface area contributed by atoms with E-state index in [9.17, 15) is 0 Å². The molecule has 35 heavy (non-hydrogen) atoms. The van der Waals surface area contributed by atoms with Crippen molar-refractivity contribution in [1.82, 2.24) is 4.40 Å². The van der Waals surface area contributed by atoms with Crippen molar-refractivity contribution in [3.8, 4) is 11.1 Å². The highest BCUT2D eigenvalue weighted by Gasteiger charge is 2.26. The van der Waals surface area contributed by atoms with Crippen LogP contribution in [0.25, 0.3) is 70.9 Å². The van der Waals surface area contributed by atoms with Crippen LogP contribution in [0.1, 0.15) is 5.56 Å². The van der Waals surface area contributed by atoms with Crippen LogP contribution in [-0.2, 0) is 7.05 Å².